The van der Waals surface area contributed by atoms with Gasteiger partial charge in [-0.1, -0.05) is 54.6 Å². The van der Waals surface area contributed by atoms with Gasteiger partial charge in [0.2, 0.25) is 10.9 Å². The molecule has 0 fully saturated rings. The van der Waals surface area contributed by atoms with Crippen molar-refractivity contribution < 1.29 is 19.4 Å². The second-order valence-corrected chi connectivity index (χ2v) is 23.3. The number of ether oxygens (including phenoxy) is 1. The summed E-state index contributed by atoms with van der Waals surface area (Å²) in [5.74, 6) is -1.71. The molecule has 9 rings (SSSR count). The predicted molar refractivity (Wildman–Crippen MR) is 309 cm³/mol. The number of aryl methyl sites for hydroxylation is 13. The molecule has 0 atom stereocenters. The smallest absolute Gasteiger partial charge is 0.343 e. The first-order chi connectivity index (χ1) is 34.9. The van der Waals surface area contributed by atoms with Gasteiger partial charge in [0, 0.05) is 57.4 Å². The maximum absolute atomic E-state index is 13.1. The van der Waals surface area contributed by atoms with Gasteiger partial charge in [0.15, 0.2) is 5.43 Å². The fraction of sp³-hybridized carbons (Fsp3) is 0.328. The van der Waals surface area contributed by atoms with Crippen molar-refractivity contribution in [1.29, 1.82) is 0 Å². The molecule has 0 radical (unpaired) electrons. The highest BCUT2D eigenvalue weighted by atomic mass is 32.1. The lowest BCUT2D eigenvalue weighted by atomic mass is 10.0. The summed E-state index contributed by atoms with van der Waals surface area (Å²) in [5.41, 5.74) is 15.7. The number of aromatic carboxylic acids is 1. The van der Waals surface area contributed by atoms with Gasteiger partial charge in [-0.3, -0.25) is 14.4 Å². The molecule has 0 spiro atoms. The summed E-state index contributed by atoms with van der Waals surface area (Å²) in [6, 6.07) is 21.0. The van der Waals surface area contributed by atoms with Crippen LogP contribution in [0.3, 0.4) is 0 Å². The van der Waals surface area contributed by atoms with E-state index in [2.05, 4.69) is 112 Å². The quantitative estimate of drug-likeness (QED) is 0.143. The van der Waals surface area contributed by atoms with Crippen LogP contribution in [0.5, 0.6) is 0 Å². The number of carboxylic acids is 1. The van der Waals surface area contributed by atoms with Gasteiger partial charge in [-0.25, -0.2) is 9.59 Å². The number of aromatic nitrogens is 3. The van der Waals surface area contributed by atoms with Crippen LogP contribution in [0.25, 0.3) is 30.6 Å². The van der Waals surface area contributed by atoms with Crippen LogP contribution in [0.1, 0.15) is 126 Å². The molecule has 0 saturated carbocycles. The van der Waals surface area contributed by atoms with E-state index in [0.717, 1.165) is 69.7 Å². The molecule has 10 nitrogen and oxygen atoms in total. The molecule has 3 aromatic carbocycles. The Hall–Kier alpha value is -6.67. The van der Waals surface area contributed by atoms with Crippen molar-refractivity contribution in [2.45, 2.75) is 130 Å². The summed E-state index contributed by atoms with van der Waals surface area (Å²) >= 11 is 4.88. The van der Waals surface area contributed by atoms with Crippen LogP contribution in [-0.4, -0.2) is 37.4 Å². The number of fused-ring (bicyclic) bond motifs is 3. The van der Waals surface area contributed by atoms with Crippen LogP contribution in [0.15, 0.2) is 75.0 Å². The normalized spacial score (nSPS) is 11.2. The number of thiophene rings is 3. The van der Waals surface area contributed by atoms with E-state index in [4.69, 9.17) is 4.74 Å². The van der Waals surface area contributed by atoms with Gasteiger partial charge in [-0.2, -0.15) is 0 Å². The molecule has 0 saturated heterocycles. The second-order valence-electron chi connectivity index (χ2n) is 19.7. The van der Waals surface area contributed by atoms with E-state index in [1.165, 1.54) is 43.8 Å². The minimum Gasteiger partial charge on any atom is -0.477 e. The lowest BCUT2D eigenvalue weighted by molar-refractivity contribution is 0.0522. The first-order valence-corrected chi connectivity index (χ1v) is 27.3. The highest BCUT2D eigenvalue weighted by Crippen LogP contribution is 2.33. The van der Waals surface area contributed by atoms with Crippen molar-refractivity contribution in [3.63, 3.8) is 0 Å². The predicted octanol–water partition coefficient (Wildman–Crippen LogP) is 13.8. The number of carbonyl (C=O) groups is 2. The molecular formula is C61H67N3O7S3. The summed E-state index contributed by atoms with van der Waals surface area (Å²) in [6.45, 7) is 34.1. The second kappa shape index (κ2) is 22.0. The number of esters is 1. The van der Waals surface area contributed by atoms with E-state index >= 15 is 0 Å². The molecule has 386 valence electrons. The van der Waals surface area contributed by atoms with Crippen LogP contribution >= 0.6 is 34.0 Å². The average Bonchev–Trinajstić information content (AvgIpc) is 3.93. The van der Waals surface area contributed by atoms with Crippen molar-refractivity contribution in [2.75, 3.05) is 6.61 Å². The summed E-state index contributed by atoms with van der Waals surface area (Å²) in [5, 5.41) is 11.6. The monoisotopic (exact) mass is 1050 g/mol. The lowest BCUT2D eigenvalue weighted by Crippen LogP contribution is -2.24. The minimum absolute atomic E-state index is 0.128. The van der Waals surface area contributed by atoms with Crippen LogP contribution in [0.2, 0.25) is 0 Å². The molecule has 1 N–H and O–H groups in total. The third-order valence-corrected chi connectivity index (χ3v) is 18.4. The Kier molecular flexibility index (Phi) is 16.4. The third-order valence-electron chi connectivity index (χ3n) is 14.7. The topological polar surface area (TPSA) is 130 Å². The minimum atomic E-state index is -1.17. The van der Waals surface area contributed by atoms with Gasteiger partial charge in [0.05, 0.1) is 22.8 Å². The zero-order chi connectivity index (χ0) is 54.4. The Bertz CT molecular complexity index is 3910. The highest BCUT2D eigenvalue weighted by molar-refractivity contribution is 7.19. The van der Waals surface area contributed by atoms with Gasteiger partial charge in [-0.05, 0) is 178 Å². The first kappa shape index (κ1) is 55.1. The summed E-state index contributed by atoms with van der Waals surface area (Å²) < 4.78 is 11.5. The maximum Gasteiger partial charge on any atom is 0.343 e. The number of hydrogen-bond donors (Lipinski definition) is 1. The Morgan fingerprint density at radius 2 is 0.824 bits per heavy atom. The fourth-order valence-corrected chi connectivity index (χ4v) is 13.0. The summed E-state index contributed by atoms with van der Waals surface area (Å²) in [4.78, 5) is 68.6. The van der Waals surface area contributed by atoms with Gasteiger partial charge < -0.3 is 23.5 Å². The molecule has 0 aliphatic rings. The van der Waals surface area contributed by atoms with Crippen molar-refractivity contribution in [3.05, 3.63) is 201 Å². The van der Waals surface area contributed by atoms with Gasteiger partial charge in [0.25, 0.3) is 0 Å². The SMILES string of the molecule is CCOC(=O)c1c(C)n(Cc2ccc(C)c(C)c2)c2sc(C)c(C)c2c1=O.Cc1ccc(Cn2c(C)c(C(=O)O)c(=O)c3c(C)c(C)sc32)cc1C.Cc1ccc(Cn2c(C)cc(=O)c3c(C)c(C)sc32)cc1C. The Morgan fingerprint density at radius 3 is 1.20 bits per heavy atom. The van der Waals surface area contributed by atoms with Crippen LogP contribution in [0, 0.1) is 104 Å². The Morgan fingerprint density at radius 1 is 0.473 bits per heavy atom. The molecule has 0 unspecified atom stereocenters. The standard InChI is InChI=1S/C22H25NO3S.C20H21NO3S.C19H21NOS/c1-7-26-22(25)19-15(5)23(11-17-9-8-12(2)13(3)10-17)21-18(20(19)24)14(4)16(6)27-21;1-10-6-7-15(8-11(10)2)9-21-13(4)17(20(23)24)18(22)16-12(3)14(5)25-19(16)21;1-11-6-7-16(8-12(11)2)10-20-13(3)9-17(21)18-14(4)15(5)22-19(18)20/h8-10H,7,11H2,1-6H3;6-8H,9H2,1-5H3,(H,23,24);6-9H,10H2,1-5H3. The van der Waals surface area contributed by atoms with Gasteiger partial charge in [0.1, 0.15) is 25.6 Å². The van der Waals surface area contributed by atoms with Gasteiger partial charge in [-0.15, -0.1) is 34.0 Å². The first-order valence-electron chi connectivity index (χ1n) is 24.8. The molecule has 0 aliphatic heterocycles. The van der Waals surface area contributed by atoms with Crippen molar-refractivity contribution in [1.82, 2.24) is 13.7 Å². The molecule has 6 heterocycles. The molecule has 0 bridgehead atoms. The van der Waals surface area contributed by atoms with Crippen molar-refractivity contribution >= 4 is 76.6 Å². The number of hydrogen-bond acceptors (Lipinski definition) is 9. The number of rotatable bonds is 9. The Balaban J connectivity index is 0.000000163. The maximum atomic E-state index is 13.1. The molecule has 0 amide bonds. The van der Waals surface area contributed by atoms with E-state index < -0.39 is 11.9 Å². The highest BCUT2D eigenvalue weighted by Gasteiger charge is 2.26. The number of carbonyl (C=O) groups excluding carboxylic acids is 1. The van der Waals surface area contributed by atoms with E-state index in [1.807, 2.05) is 53.0 Å². The molecule has 9 aromatic rings. The van der Waals surface area contributed by atoms with Crippen LogP contribution in [-0.2, 0) is 24.4 Å². The number of benzene rings is 3. The van der Waals surface area contributed by atoms with E-state index in [0.29, 0.717) is 35.2 Å². The molecule has 6 aromatic heterocycles. The molecule has 13 heteroatoms. The number of carboxylic acid groups (broad SMARTS) is 1. The average molecular weight is 1050 g/mol. The molecule has 74 heavy (non-hydrogen) atoms. The van der Waals surface area contributed by atoms with Crippen molar-refractivity contribution in [2.24, 2.45) is 0 Å². The van der Waals surface area contributed by atoms with Crippen molar-refractivity contribution in [3.8, 4) is 0 Å². The lowest BCUT2D eigenvalue weighted by Gasteiger charge is -2.16. The summed E-state index contributed by atoms with van der Waals surface area (Å²) in [6.07, 6.45) is 0. The Labute approximate surface area is 445 Å². The van der Waals surface area contributed by atoms with E-state index in [1.54, 1.807) is 53.9 Å². The molecule has 0 aliphatic carbocycles. The zero-order valence-electron chi connectivity index (χ0n) is 45.6. The van der Waals surface area contributed by atoms with Gasteiger partial charge >= 0.3 is 11.9 Å². The van der Waals surface area contributed by atoms with E-state index in [9.17, 15) is 29.1 Å². The summed E-state index contributed by atoms with van der Waals surface area (Å²) in [7, 11) is 0. The third kappa shape index (κ3) is 10.6. The zero-order valence-corrected chi connectivity index (χ0v) is 48.0. The van der Waals surface area contributed by atoms with E-state index in [-0.39, 0.29) is 34.0 Å². The van der Waals surface area contributed by atoms with Crippen LogP contribution in [0.4, 0.5) is 0 Å². The largest absolute Gasteiger partial charge is 0.477 e. The van der Waals surface area contributed by atoms with Crippen LogP contribution < -0.4 is 16.3 Å². The molecular weight excluding hydrogens is 983 g/mol. The number of pyridine rings is 3. The number of nitrogens with zero attached hydrogens (tertiary/aromatic N) is 3. The fourth-order valence-electron chi connectivity index (χ4n) is 9.40.